The first-order chi connectivity index (χ1) is 7.18. The van der Waals surface area contributed by atoms with E-state index in [1.807, 2.05) is 0 Å². The molecule has 1 amide bonds. The van der Waals surface area contributed by atoms with E-state index in [2.05, 4.69) is 0 Å². The van der Waals surface area contributed by atoms with Crippen molar-refractivity contribution in [3.63, 3.8) is 0 Å². The smallest absolute Gasteiger partial charge is 0.242 e. The van der Waals surface area contributed by atoms with Gasteiger partial charge in [0.15, 0.2) is 0 Å². The van der Waals surface area contributed by atoms with E-state index in [1.54, 1.807) is 18.2 Å². The van der Waals surface area contributed by atoms with E-state index in [0.29, 0.717) is 18.8 Å². The lowest BCUT2D eigenvalue weighted by Crippen LogP contribution is -2.53. The molecule has 0 radical (unpaired) electrons. The SMILES string of the molecule is NN1CCN(c2ccccc2F)C(=O)C1. The first-order valence-electron chi connectivity index (χ1n) is 4.73. The average Bonchev–Trinajstić information content (AvgIpc) is 2.20. The zero-order chi connectivity index (χ0) is 10.8. The topological polar surface area (TPSA) is 49.6 Å². The van der Waals surface area contributed by atoms with Crippen LogP contribution in [0.2, 0.25) is 0 Å². The molecule has 80 valence electrons. The fraction of sp³-hybridized carbons (Fsp3) is 0.300. The standard InChI is InChI=1S/C10H12FN3O/c11-8-3-1-2-4-9(8)14-6-5-13(12)7-10(14)15/h1-4H,5-7,12H2. The molecular formula is C10H12FN3O. The molecule has 0 atom stereocenters. The van der Waals surface area contributed by atoms with E-state index in [9.17, 15) is 9.18 Å². The molecule has 0 saturated carbocycles. The highest BCUT2D eigenvalue weighted by Gasteiger charge is 2.24. The number of nitrogens with two attached hydrogens (primary N) is 1. The molecule has 1 saturated heterocycles. The van der Waals surface area contributed by atoms with Gasteiger partial charge >= 0.3 is 0 Å². The van der Waals surface area contributed by atoms with Crippen molar-refractivity contribution in [1.82, 2.24) is 5.01 Å². The summed E-state index contributed by atoms with van der Waals surface area (Å²) in [6.45, 7) is 1.12. The second-order valence-corrected chi connectivity index (χ2v) is 3.47. The van der Waals surface area contributed by atoms with E-state index in [-0.39, 0.29) is 18.3 Å². The van der Waals surface area contributed by atoms with Crippen molar-refractivity contribution in [2.24, 2.45) is 5.84 Å². The van der Waals surface area contributed by atoms with Crippen LogP contribution in [0.4, 0.5) is 10.1 Å². The van der Waals surface area contributed by atoms with Crippen LogP contribution in [0, 0.1) is 5.82 Å². The molecule has 1 aliphatic rings. The Morgan fingerprint density at radius 3 is 2.67 bits per heavy atom. The maximum Gasteiger partial charge on any atom is 0.242 e. The van der Waals surface area contributed by atoms with Gasteiger partial charge in [-0.15, -0.1) is 0 Å². The monoisotopic (exact) mass is 209 g/mol. The molecule has 1 fully saturated rings. The van der Waals surface area contributed by atoms with E-state index in [0.717, 1.165) is 0 Å². The Balaban J connectivity index is 2.24. The lowest BCUT2D eigenvalue weighted by atomic mass is 10.2. The number of carbonyl (C=O) groups is 1. The lowest BCUT2D eigenvalue weighted by molar-refractivity contribution is -0.121. The maximum absolute atomic E-state index is 13.4. The predicted molar refractivity (Wildman–Crippen MR) is 54.5 cm³/mol. The van der Waals surface area contributed by atoms with Crippen molar-refractivity contribution in [3.05, 3.63) is 30.1 Å². The van der Waals surface area contributed by atoms with Crippen LogP contribution < -0.4 is 10.7 Å². The predicted octanol–water partition coefficient (Wildman–Crippen LogP) is 0.348. The third kappa shape index (κ3) is 1.98. The Bertz CT molecular complexity index is 383. The summed E-state index contributed by atoms with van der Waals surface area (Å²) >= 11 is 0. The van der Waals surface area contributed by atoms with Gasteiger partial charge in [-0.1, -0.05) is 12.1 Å². The first kappa shape index (κ1) is 10.1. The summed E-state index contributed by atoms with van der Waals surface area (Å²) in [6, 6.07) is 6.25. The number of hydrogen-bond donors (Lipinski definition) is 1. The molecular weight excluding hydrogens is 197 g/mol. The lowest BCUT2D eigenvalue weighted by Gasteiger charge is -2.31. The van der Waals surface area contributed by atoms with E-state index in [4.69, 9.17) is 5.84 Å². The van der Waals surface area contributed by atoms with Crippen LogP contribution in [-0.4, -0.2) is 30.6 Å². The molecule has 2 rings (SSSR count). The first-order valence-corrected chi connectivity index (χ1v) is 4.73. The Hall–Kier alpha value is -1.46. The fourth-order valence-corrected chi connectivity index (χ4v) is 1.62. The summed E-state index contributed by atoms with van der Waals surface area (Å²) in [7, 11) is 0. The maximum atomic E-state index is 13.4. The number of nitrogens with zero attached hydrogens (tertiary/aromatic N) is 2. The van der Waals surface area contributed by atoms with Crippen molar-refractivity contribution < 1.29 is 9.18 Å². The van der Waals surface area contributed by atoms with E-state index in [1.165, 1.54) is 16.0 Å². The minimum absolute atomic E-state index is 0.133. The van der Waals surface area contributed by atoms with Gasteiger partial charge in [0.2, 0.25) is 5.91 Å². The minimum Gasteiger partial charge on any atom is -0.307 e. The number of anilines is 1. The van der Waals surface area contributed by atoms with Crippen LogP contribution in [0.3, 0.4) is 0 Å². The molecule has 1 heterocycles. The molecule has 0 aliphatic carbocycles. The molecule has 5 heteroatoms. The number of piperazine rings is 1. The quantitative estimate of drug-likeness (QED) is 0.679. The number of rotatable bonds is 1. The normalized spacial score (nSPS) is 18.3. The second-order valence-electron chi connectivity index (χ2n) is 3.47. The van der Waals surface area contributed by atoms with Crippen molar-refractivity contribution in [2.45, 2.75) is 0 Å². The molecule has 0 aromatic heterocycles. The number of amides is 1. The Morgan fingerprint density at radius 1 is 1.27 bits per heavy atom. The van der Waals surface area contributed by atoms with Crippen molar-refractivity contribution in [1.29, 1.82) is 0 Å². The Morgan fingerprint density at radius 2 is 2.00 bits per heavy atom. The molecule has 0 bridgehead atoms. The fourth-order valence-electron chi connectivity index (χ4n) is 1.62. The average molecular weight is 209 g/mol. The molecule has 0 unspecified atom stereocenters. The summed E-state index contributed by atoms with van der Waals surface area (Å²) in [4.78, 5) is 13.0. The zero-order valence-electron chi connectivity index (χ0n) is 8.19. The summed E-state index contributed by atoms with van der Waals surface area (Å²) < 4.78 is 13.4. The second kappa shape index (κ2) is 3.96. The van der Waals surface area contributed by atoms with Crippen molar-refractivity contribution in [2.75, 3.05) is 24.5 Å². The van der Waals surface area contributed by atoms with Crippen LogP contribution in [0.5, 0.6) is 0 Å². The van der Waals surface area contributed by atoms with Gasteiger partial charge in [0, 0.05) is 13.1 Å². The minimum atomic E-state index is -0.378. The Kier molecular flexibility index (Phi) is 2.66. The molecule has 1 aliphatic heterocycles. The van der Waals surface area contributed by atoms with Gasteiger partial charge in [0.1, 0.15) is 5.82 Å². The molecule has 1 aromatic rings. The molecule has 15 heavy (non-hydrogen) atoms. The number of hydrogen-bond acceptors (Lipinski definition) is 3. The largest absolute Gasteiger partial charge is 0.307 e. The summed E-state index contributed by atoms with van der Waals surface area (Å²) in [5.74, 6) is 4.94. The van der Waals surface area contributed by atoms with Crippen LogP contribution in [0.25, 0.3) is 0 Å². The third-order valence-electron chi connectivity index (χ3n) is 2.39. The Labute approximate surface area is 87.0 Å². The number of carbonyl (C=O) groups excluding carboxylic acids is 1. The third-order valence-corrected chi connectivity index (χ3v) is 2.39. The number of benzene rings is 1. The van der Waals surface area contributed by atoms with Gasteiger partial charge < -0.3 is 4.90 Å². The number of para-hydroxylation sites is 1. The van der Waals surface area contributed by atoms with E-state index < -0.39 is 0 Å². The summed E-state index contributed by atoms with van der Waals surface area (Å²) in [5.41, 5.74) is 0.329. The number of halogens is 1. The van der Waals surface area contributed by atoms with Gasteiger partial charge in [0.05, 0.1) is 12.2 Å². The van der Waals surface area contributed by atoms with Gasteiger partial charge in [-0.25, -0.2) is 9.40 Å². The summed E-state index contributed by atoms with van der Waals surface area (Å²) in [6.07, 6.45) is 0. The number of hydrazine groups is 1. The molecule has 4 nitrogen and oxygen atoms in total. The molecule has 0 spiro atoms. The summed E-state index contributed by atoms with van der Waals surface area (Å²) in [5, 5.41) is 1.43. The highest BCUT2D eigenvalue weighted by Crippen LogP contribution is 2.19. The van der Waals surface area contributed by atoms with Gasteiger partial charge in [-0.05, 0) is 12.1 Å². The van der Waals surface area contributed by atoms with E-state index >= 15 is 0 Å². The van der Waals surface area contributed by atoms with Gasteiger partial charge in [-0.3, -0.25) is 10.6 Å². The molecule has 2 N–H and O–H groups in total. The van der Waals surface area contributed by atoms with Crippen LogP contribution in [0.1, 0.15) is 0 Å². The van der Waals surface area contributed by atoms with Crippen LogP contribution >= 0.6 is 0 Å². The van der Waals surface area contributed by atoms with Crippen LogP contribution in [-0.2, 0) is 4.79 Å². The zero-order valence-corrected chi connectivity index (χ0v) is 8.19. The van der Waals surface area contributed by atoms with Gasteiger partial charge in [0.25, 0.3) is 0 Å². The van der Waals surface area contributed by atoms with Gasteiger partial charge in [-0.2, -0.15) is 0 Å². The van der Waals surface area contributed by atoms with Crippen molar-refractivity contribution >= 4 is 11.6 Å². The highest BCUT2D eigenvalue weighted by molar-refractivity contribution is 5.95. The highest BCUT2D eigenvalue weighted by atomic mass is 19.1. The van der Waals surface area contributed by atoms with Crippen molar-refractivity contribution in [3.8, 4) is 0 Å². The molecule has 1 aromatic carbocycles. The van der Waals surface area contributed by atoms with Crippen LogP contribution in [0.15, 0.2) is 24.3 Å².